The summed E-state index contributed by atoms with van der Waals surface area (Å²) >= 11 is 0. The molecule has 9 rings (SSSR count). The number of pyridine rings is 1. The predicted octanol–water partition coefficient (Wildman–Crippen LogP) is 7.43. The third-order valence-corrected chi connectivity index (χ3v) is 10.9. The lowest BCUT2D eigenvalue weighted by molar-refractivity contribution is 0.0733. The molecule has 1 aliphatic heterocycles. The van der Waals surface area contributed by atoms with Gasteiger partial charge in [0.1, 0.15) is 17.5 Å². The van der Waals surface area contributed by atoms with Gasteiger partial charge in [0, 0.05) is 23.5 Å². The monoisotopic (exact) mass is 716 g/mol. The van der Waals surface area contributed by atoms with E-state index in [4.69, 9.17) is 4.74 Å². The fraction of sp³-hybridized carbons (Fsp3) is 0.209. The van der Waals surface area contributed by atoms with Crippen LogP contribution in [0.2, 0.25) is 0 Å². The highest BCUT2D eigenvalue weighted by molar-refractivity contribution is 6.36. The van der Waals surface area contributed by atoms with Gasteiger partial charge in [0.2, 0.25) is 0 Å². The molecule has 1 fully saturated rings. The van der Waals surface area contributed by atoms with Gasteiger partial charge in [0.25, 0.3) is 17.4 Å². The number of H-pyrrole nitrogens is 1. The van der Waals surface area contributed by atoms with Gasteiger partial charge in [-0.05, 0) is 107 Å². The molecule has 4 aromatic carbocycles. The van der Waals surface area contributed by atoms with E-state index in [1.165, 1.54) is 47.6 Å². The van der Waals surface area contributed by atoms with E-state index < -0.39 is 40.8 Å². The second kappa shape index (κ2) is 12.5. The maximum atomic E-state index is 14.1. The number of benzene rings is 4. The topological polar surface area (TPSA) is 156 Å². The number of hydrogen-bond donors (Lipinski definition) is 1. The Hall–Kier alpha value is -6.62. The molecule has 0 spiro atoms. The molecular formula is C43H32N4O7. The minimum Gasteiger partial charge on any atom is -0.423 e. The van der Waals surface area contributed by atoms with Gasteiger partial charge in [0.05, 0.1) is 33.3 Å². The molecule has 0 unspecified atom stereocenters. The minimum absolute atomic E-state index is 0.104. The molecule has 0 saturated heterocycles. The molecule has 2 aliphatic carbocycles. The Morgan fingerprint density at radius 3 is 2.04 bits per heavy atom. The summed E-state index contributed by atoms with van der Waals surface area (Å²) in [6.45, 7) is 4.15. The van der Waals surface area contributed by atoms with Gasteiger partial charge < -0.3 is 9.72 Å². The molecule has 2 aromatic heterocycles. The molecule has 6 aromatic rings. The van der Waals surface area contributed by atoms with Gasteiger partial charge in [-0.1, -0.05) is 38.8 Å². The van der Waals surface area contributed by atoms with E-state index in [9.17, 15) is 28.8 Å². The molecular weight excluding hydrogens is 684 g/mol. The normalized spacial score (nSPS) is 15.9. The smallest absolute Gasteiger partial charge is 0.343 e. The summed E-state index contributed by atoms with van der Waals surface area (Å²) in [5, 5.41) is 1.19. The number of esters is 1. The number of carbonyl (C=O) groups is 5. The number of aromatic nitrogens is 3. The summed E-state index contributed by atoms with van der Waals surface area (Å²) in [5.41, 5.74) is 2.98. The van der Waals surface area contributed by atoms with E-state index in [0.29, 0.717) is 16.5 Å². The highest BCUT2D eigenvalue weighted by atomic mass is 16.5. The van der Waals surface area contributed by atoms with E-state index >= 15 is 0 Å². The number of ketones is 2. The van der Waals surface area contributed by atoms with Crippen molar-refractivity contribution in [1.29, 1.82) is 0 Å². The summed E-state index contributed by atoms with van der Waals surface area (Å²) in [6.07, 6.45) is 7.16. The van der Waals surface area contributed by atoms with Crippen LogP contribution in [0.5, 0.6) is 5.75 Å². The van der Waals surface area contributed by atoms with Gasteiger partial charge >= 0.3 is 5.97 Å². The summed E-state index contributed by atoms with van der Waals surface area (Å²) in [7, 11) is 0. The number of rotatable bonds is 6. The van der Waals surface area contributed by atoms with Gasteiger partial charge in [-0.3, -0.25) is 29.0 Å². The zero-order chi connectivity index (χ0) is 37.4. The van der Waals surface area contributed by atoms with Crippen LogP contribution in [-0.2, 0) is 0 Å². The number of carbonyl (C=O) groups excluding carboxylic acids is 5. The third-order valence-electron chi connectivity index (χ3n) is 10.9. The Morgan fingerprint density at radius 2 is 1.41 bits per heavy atom. The lowest BCUT2D eigenvalue weighted by Gasteiger charge is -2.23. The summed E-state index contributed by atoms with van der Waals surface area (Å²) in [5.74, 6) is -3.54. The molecule has 0 bridgehead atoms. The van der Waals surface area contributed by atoms with Crippen LogP contribution in [-0.4, -0.2) is 44.3 Å². The number of nitrogens with one attached hydrogen (secondary N) is 1. The number of ether oxygens (including phenoxy) is 1. The summed E-state index contributed by atoms with van der Waals surface area (Å²) in [6, 6.07) is 19.7. The first-order chi connectivity index (χ1) is 26.1. The van der Waals surface area contributed by atoms with Crippen LogP contribution in [0.3, 0.4) is 0 Å². The van der Waals surface area contributed by atoms with Crippen LogP contribution in [0.4, 0.5) is 5.69 Å². The van der Waals surface area contributed by atoms with Crippen molar-refractivity contribution in [3.8, 4) is 5.75 Å². The standard InChI is InChI=1S/C43H32N4O7/c1-21(2)23-7-9-28(22-5-3-4-6-22)35(20-23)47-41(51)32-17-25-15-30-31(16-26(25)18-33(32)42(47)52)38(49)36(37(30)48)39-45-34-19-24(8-10-29(34)40(50)46-39)43(53)54-27-11-13-44-14-12-27/h7-22,36H,3-6H2,1-2H3,(H,45,46,50). The van der Waals surface area contributed by atoms with Crippen LogP contribution < -0.4 is 15.2 Å². The van der Waals surface area contributed by atoms with E-state index in [1.54, 1.807) is 24.3 Å². The van der Waals surface area contributed by atoms with Crippen LogP contribution in [0.25, 0.3) is 21.7 Å². The van der Waals surface area contributed by atoms with Crippen molar-refractivity contribution in [3.05, 3.63) is 140 Å². The second-order valence-corrected chi connectivity index (χ2v) is 14.5. The van der Waals surface area contributed by atoms with Crippen molar-refractivity contribution < 1.29 is 28.7 Å². The quantitative estimate of drug-likeness (QED) is 0.105. The van der Waals surface area contributed by atoms with Crippen molar-refractivity contribution in [2.45, 2.75) is 57.3 Å². The van der Waals surface area contributed by atoms with E-state index in [1.807, 2.05) is 6.07 Å². The van der Waals surface area contributed by atoms with Gasteiger partial charge in [0.15, 0.2) is 11.6 Å². The molecule has 0 atom stereocenters. The Kier molecular flexibility index (Phi) is 7.70. The fourth-order valence-corrected chi connectivity index (χ4v) is 8.03. The number of nitrogens with zero attached hydrogens (tertiary/aromatic N) is 3. The molecule has 11 nitrogen and oxygen atoms in total. The highest BCUT2D eigenvalue weighted by Gasteiger charge is 2.43. The lowest BCUT2D eigenvalue weighted by atomic mass is 9.91. The average molecular weight is 717 g/mol. The number of imide groups is 1. The third kappa shape index (κ3) is 5.26. The Morgan fingerprint density at radius 1 is 0.778 bits per heavy atom. The van der Waals surface area contributed by atoms with Crippen LogP contribution in [0.1, 0.15) is 126 Å². The van der Waals surface area contributed by atoms with E-state index in [0.717, 1.165) is 36.8 Å². The van der Waals surface area contributed by atoms with Crippen LogP contribution in [0, 0.1) is 0 Å². The highest BCUT2D eigenvalue weighted by Crippen LogP contribution is 2.43. The number of hydrogen-bond acceptors (Lipinski definition) is 9. The SMILES string of the molecule is CC(C)c1ccc(C2CCCC2)c(N2C(=O)c3cc4cc5c(cc4cc3C2=O)C(=O)C(c2nc3cc(C(=O)Oc4ccncc4)ccc3c(=O)[nH]2)C5=O)c1. The number of amides is 2. The Bertz CT molecular complexity index is 2640. The van der Waals surface area contributed by atoms with Gasteiger partial charge in [-0.15, -0.1) is 0 Å². The molecule has 266 valence electrons. The zero-order valence-electron chi connectivity index (χ0n) is 29.3. The molecule has 11 heteroatoms. The second-order valence-electron chi connectivity index (χ2n) is 14.5. The molecule has 2 amide bonds. The van der Waals surface area contributed by atoms with E-state index in [2.05, 4.69) is 40.9 Å². The number of Topliss-reactive ketones (excluding diaryl/α,β-unsaturated/α-hetero) is 2. The largest absolute Gasteiger partial charge is 0.423 e. The van der Waals surface area contributed by atoms with Gasteiger partial charge in [-0.2, -0.15) is 0 Å². The summed E-state index contributed by atoms with van der Waals surface area (Å²) < 4.78 is 5.39. The summed E-state index contributed by atoms with van der Waals surface area (Å²) in [4.78, 5) is 94.3. The maximum absolute atomic E-state index is 14.1. The van der Waals surface area contributed by atoms with Crippen molar-refractivity contribution in [3.63, 3.8) is 0 Å². The fourth-order valence-electron chi connectivity index (χ4n) is 8.03. The molecule has 0 radical (unpaired) electrons. The number of anilines is 1. The molecule has 3 heterocycles. The van der Waals surface area contributed by atoms with E-state index in [-0.39, 0.29) is 62.1 Å². The van der Waals surface area contributed by atoms with Gasteiger partial charge in [-0.25, -0.2) is 14.7 Å². The molecule has 3 aliphatic rings. The predicted molar refractivity (Wildman–Crippen MR) is 200 cm³/mol. The van der Waals surface area contributed by atoms with Crippen molar-refractivity contribution in [1.82, 2.24) is 15.0 Å². The molecule has 1 saturated carbocycles. The van der Waals surface area contributed by atoms with Crippen molar-refractivity contribution >= 4 is 56.7 Å². The van der Waals surface area contributed by atoms with Crippen molar-refractivity contribution in [2.75, 3.05) is 4.90 Å². The number of aromatic amines is 1. The maximum Gasteiger partial charge on any atom is 0.343 e. The van der Waals surface area contributed by atoms with Crippen LogP contribution >= 0.6 is 0 Å². The lowest BCUT2D eigenvalue weighted by Crippen LogP contribution is -2.30. The Labute approximate surface area is 308 Å². The first-order valence-electron chi connectivity index (χ1n) is 18.0. The number of fused-ring (bicyclic) bond motifs is 4. The molecule has 1 N–H and O–H groups in total. The average Bonchev–Trinajstić information content (AvgIpc) is 3.85. The first-order valence-corrected chi connectivity index (χ1v) is 18.0. The minimum atomic E-state index is -1.44. The molecule has 54 heavy (non-hydrogen) atoms. The van der Waals surface area contributed by atoms with Crippen molar-refractivity contribution in [2.24, 2.45) is 0 Å². The van der Waals surface area contributed by atoms with Crippen LogP contribution in [0.15, 0.2) is 90.0 Å². The first kappa shape index (κ1) is 33.2. The zero-order valence-corrected chi connectivity index (χ0v) is 29.3. The Balaban J connectivity index is 1.06.